The standard InChI is InChI=1S/C15H18N2OS/c1-11(2)13-6-4-12(5-7-13)10-19-14-15(18)17(3)9-8-16-14/h4-9,11H,10H2,1-3H3. The first-order valence-electron chi connectivity index (χ1n) is 6.31. The molecule has 0 atom stereocenters. The Bertz CT molecular complexity index is 602. The van der Waals surface area contributed by atoms with E-state index in [-0.39, 0.29) is 5.56 Å². The van der Waals surface area contributed by atoms with Gasteiger partial charge >= 0.3 is 0 Å². The van der Waals surface area contributed by atoms with Crippen LogP contribution < -0.4 is 5.56 Å². The molecule has 0 bridgehead atoms. The number of rotatable bonds is 4. The quantitative estimate of drug-likeness (QED) is 0.803. The molecular formula is C15H18N2OS. The van der Waals surface area contributed by atoms with Crippen LogP contribution in [-0.4, -0.2) is 9.55 Å². The Labute approximate surface area is 117 Å². The van der Waals surface area contributed by atoms with Crippen LogP contribution in [0.4, 0.5) is 0 Å². The van der Waals surface area contributed by atoms with Gasteiger partial charge in [-0.15, -0.1) is 0 Å². The van der Waals surface area contributed by atoms with Gasteiger partial charge in [0.1, 0.15) is 0 Å². The zero-order chi connectivity index (χ0) is 13.8. The average molecular weight is 274 g/mol. The summed E-state index contributed by atoms with van der Waals surface area (Å²) in [6.07, 6.45) is 3.33. The lowest BCUT2D eigenvalue weighted by Crippen LogP contribution is -2.18. The number of aromatic nitrogens is 2. The number of hydrogen-bond acceptors (Lipinski definition) is 3. The van der Waals surface area contributed by atoms with Crippen LogP contribution >= 0.6 is 11.8 Å². The van der Waals surface area contributed by atoms with Crippen LogP contribution in [0.2, 0.25) is 0 Å². The fraction of sp³-hybridized carbons (Fsp3) is 0.333. The van der Waals surface area contributed by atoms with E-state index in [1.807, 2.05) is 0 Å². The molecular weight excluding hydrogens is 256 g/mol. The minimum atomic E-state index is -0.0358. The molecule has 1 heterocycles. The number of aryl methyl sites for hydroxylation is 1. The first kappa shape index (κ1) is 13.9. The maximum absolute atomic E-state index is 11.8. The molecule has 0 saturated heterocycles. The molecule has 3 nitrogen and oxygen atoms in total. The third-order valence-corrected chi connectivity index (χ3v) is 4.04. The zero-order valence-electron chi connectivity index (χ0n) is 11.5. The summed E-state index contributed by atoms with van der Waals surface area (Å²) in [6.45, 7) is 4.36. The summed E-state index contributed by atoms with van der Waals surface area (Å²) in [7, 11) is 1.74. The van der Waals surface area contributed by atoms with Crippen molar-refractivity contribution in [2.45, 2.75) is 30.5 Å². The Kier molecular flexibility index (Phi) is 4.43. The van der Waals surface area contributed by atoms with Gasteiger partial charge in [0.05, 0.1) is 0 Å². The van der Waals surface area contributed by atoms with Crippen LogP contribution in [-0.2, 0) is 12.8 Å². The van der Waals surface area contributed by atoms with Crippen LogP contribution in [0.1, 0.15) is 30.9 Å². The molecule has 0 spiro atoms. The smallest absolute Gasteiger partial charge is 0.282 e. The molecule has 0 N–H and O–H groups in total. The molecule has 19 heavy (non-hydrogen) atoms. The normalized spacial score (nSPS) is 10.9. The molecule has 4 heteroatoms. The van der Waals surface area contributed by atoms with E-state index < -0.39 is 0 Å². The van der Waals surface area contributed by atoms with Gasteiger partial charge in [-0.05, 0) is 17.0 Å². The summed E-state index contributed by atoms with van der Waals surface area (Å²) < 4.78 is 1.55. The Morgan fingerprint density at radius 2 is 1.95 bits per heavy atom. The van der Waals surface area contributed by atoms with E-state index in [4.69, 9.17) is 0 Å². The number of hydrogen-bond donors (Lipinski definition) is 0. The van der Waals surface area contributed by atoms with E-state index in [1.54, 1.807) is 24.0 Å². The minimum Gasteiger partial charge on any atom is -0.315 e. The van der Waals surface area contributed by atoms with Crippen molar-refractivity contribution >= 4 is 11.8 Å². The lowest BCUT2D eigenvalue weighted by atomic mass is 10.0. The molecule has 1 aromatic carbocycles. The fourth-order valence-electron chi connectivity index (χ4n) is 1.72. The van der Waals surface area contributed by atoms with Crippen molar-refractivity contribution < 1.29 is 0 Å². The van der Waals surface area contributed by atoms with Crippen LogP contribution in [0.5, 0.6) is 0 Å². The van der Waals surface area contributed by atoms with Gasteiger partial charge < -0.3 is 4.57 Å². The van der Waals surface area contributed by atoms with E-state index in [2.05, 4.69) is 43.1 Å². The van der Waals surface area contributed by atoms with Crippen LogP contribution in [0.25, 0.3) is 0 Å². The molecule has 0 saturated carbocycles. The van der Waals surface area contributed by atoms with Gasteiger partial charge in [0.15, 0.2) is 5.03 Å². The zero-order valence-corrected chi connectivity index (χ0v) is 12.3. The second-order valence-electron chi connectivity index (χ2n) is 4.83. The molecule has 0 amide bonds. The summed E-state index contributed by atoms with van der Waals surface area (Å²) in [6, 6.07) is 8.54. The summed E-state index contributed by atoms with van der Waals surface area (Å²) in [5.74, 6) is 1.31. The monoisotopic (exact) mass is 274 g/mol. The molecule has 0 aliphatic rings. The predicted octanol–water partition coefficient (Wildman–Crippen LogP) is 3.20. The highest BCUT2D eigenvalue weighted by atomic mass is 32.2. The van der Waals surface area contributed by atoms with Gasteiger partial charge in [0.25, 0.3) is 5.56 Å². The van der Waals surface area contributed by atoms with Gasteiger partial charge in [0.2, 0.25) is 0 Å². The second-order valence-corrected chi connectivity index (χ2v) is 5.80. The minimum absolute atomic E-state index is 0.0358. The Hall–Kier alpha value is -1.55. The van der Waals surface area contributed by atoms with E-state index in [0.717, 1.165) is 5.75 Å². The Morgan fingerprint density at radius 1 is 1.26 bits per heavy atom. The van der Waals surface area contributed by atoms with Crippen molar-refractivity contribution in [2.75, 3.05) is 0 Å². The molecule has 0 aliphatic carbocycles. The topological polar surface area (TPSA) is 34.9 Å². The number of benzene rings is 1. The van der Waals surface area contributed by atoms with Crippen molar-refractivity contribution in [1.82, 2.24) is 9.55 Å². The van der Waals surface area contributed by atoms with Gasteiger partial charge in [-0.3, -0.25) is 4.79 Å². The highest BCUT2D eigenvalue weighted by Crippen LogP contribution is 2.20. The van der Waals surface area contributed by atoms with Crippen molar-refractivity contribution in [1.29, 1.82) is 0 Å². The van der Waals surface area contributed by atoms with Crippen LogP contribution in [0.15, 0.2) is 46.5 Å². The first-order valence-corrected chi connectivity index (χ1v) is 7.29. The lowest BCUT2D eigenvalue weighted by Gasteiger charge is -2.06. The van der Waals surface area contributed by atoms with E-state index in [0.29, 0.717) is 10.9 Å². The third-order valence-electron chi connectivity index (χ3n) is 3.01. The molecule has 0 fully saturated rings. The Balaban J connectivity index is 2.06. The predicted molar refractivity (Wildman–Crippen MR) is 79.6 cm³/mol. The van der Waals surface area contributed by atoms with Crippen molar-refractivity contribution in [3.63, 3.8) is 0 Å². The van der Waals surface area contributed by atoms with Gasteiger partial charge in [0, 0.05) is 25.2 Å². The van der Waals surface area contributed by atoms with Gasteiger partial charge in [-0.25, -0.2) is 4.98 Å². The molecule has 1 aromatic heterocycles. The summed E-state index contributed by atoms with van der Waals surface area (Å²) in [5.41, 5.74) is 2.51. The van der Waals surface area contributed by atoms with Crippen LogP contribution in [0.3, 0.4) is 0 Å². The third kappa shape index (κ3) is 3.47. The second kappa shape index (κ2) is 6.06. The highest BCUT2D eigenvalue weighted by molar-refractivity contribution is 7.98. The first-order chi connectivity index (χ1) is 9.08. The summed E-state index contributed by atoms with van der Waals surface area (Å²) >= 11 is 1.48. The molecule has 2 rings (SSSR count). The Morgan fingerprint density at radius 3 is 2.58 bits per heavy atom. The number of thioether (sulfide) groups is 1. The number of nitrogens with zero attached hydrogens (tertiary/aromatic N) is 2. The van der Waals surface area contributed by atoms with Crippen LogP contribution in [0, 0.1) is 0 Å². The van der Waals surface area contributed by atoms with E-state index >= 15 is 0 Å². The van der Waals surface area contributed by atoms with Crippen molar-refractivity contribution in [3.05, 3.63) is 58.1 Å². The van der Waals surface area contributed by atoms with Gasteiger partial charge in [-0.2, -0.15) is 0 Å². The lowest BCUT2D eigenvalue weighted by molar-refractivity contribution is 0.794. The largest absolute Gasteiger partial charge is 0.315 e. The summed E-state index contributed by atoms with van der Waals surface area (Å²) in [5, 5.41) is 0.554. The van der Waals surface area contributed by atoms with E-state index in [1.165, 1.54) is 22.9 Å². The molecule has 0 aliphatic heterocycles. The fourth-order valence-corrected chi connectivity index (χ4v) is 2.62. The average Bonchev–Trinajstić information content (AvgIpc) is 2.41. The van der Waals surface area contributed by atoms with Crippen molar-refractivity contribution in [3.8, 4) is 0 Å². The van der Waals surface area contributed by atoms with Crippen molar-refractivity contribution in [2.24, 2.45) is 7.05 Å². The molecule has 0 radical (unpaired) electrons. The molecule has 100 valence electrons. The molecule has 0 unspecified atom stereocenters. The highest BCUT2D eigenvalue weighted by Gasteiger charge is 2.04. The maximum Gasteiger partial charge on any atom is 0.282 e. The summed E-state index contributed by atoms with van der Waals surface area (Å²) in [4.78, 5) is 15.9. The maximum atomic E-state index is 11.8. The molecule has 2 aromatic rings. The van der Waals surface area contributed by atoms with E-state index in [9.17, 15) is 4.79 Å². The SMILES string of the molecule is CC(C)c1ccc(CSc2nccn(C)c2=O)cc1. The van der Waals surface area contributed by atoms with Gasteiger partial charge in [-0.1, -0.05) is 49.9 Å².